The normalized spacial score (nSPS) is 15.6. The van der Waals surface area contributed by atoms with E-state index >= 15 is 0 Å². The van der Waals surface area contributed by atoms with E-state index in [-0.39, 0.29) is 12.6 Å². The summed E-state index contributed by atoms with van der Waals surface area (Å²) < 4.78 is 16.4. The van der Waals surface area contributed by atoms with Gasteiger partial charge >= 0.3 is 6.09 Å². The Balaban J connectivity index is 1.59. The summed E-state index contributed by atoms with van der Waals surface area (Å²) in [4.78, 5) is 14.5. The minimum absolute atomic E-state index is 0.0591. The summed E-state index contributed by atoms with van der Waals surface area (Å²) in [6, 6.07) is 17.8. The molecule has 0 aromatic heterocycles. The molecular weight excluding hydrogens is 356 g/mol. The molecule has 6 heteroatoms. The van der Waals surface area contributed by atoms with Gasteiger partial charge in [0.1, 0.15) is 12.4 Å². The fraction of sp³-hybridized carbons (Fsp3) is 0.409. The van der Waals surface area contributed by atoms with E-state index in [1.807, 2.05) is 49.4 Å². The standard InChI is InChI=1S/C22H28N2O4/c1-2-27-20-10-8-19(9-11-20)21(24-12-14-26-15-13-24)16-23-22(25)28-17-18-6-4-3-5-7-18/h3-11,21H,2,12-17H2,1H3,(H,23,25). The minimum Gasteiger partial charge on any atom is -0.494 e. The van der Waals surface area contributed by atoms with Crippen LogP contribution in [0.3, 0.4) is 0 Å². The van der Waals surface area contributed by atoms with Crippen LogP contribution in [0.5, 0.6) is 5.75 Å². The molecule has 1 aliphatic heterocycles. The average Bonchev–Trinajstić information content (AvgIpc) is 2.75. The van der Waals surface area contributed by atoms with Gasteiger partial charge in [-0.15, -0.1) is 0 Å². The number of benzene rings is 2. The summed E-state index contributed by atoms with van der Waals surface area (Å²) in [6.07, 6.45) is -0.409. The molecule has 2 aromatic carbocycles. The predicted octanol–water partition coefficient (Wildman–Crippen LogP) is 3.39. The molecule has 0 bridgehead atoms. The summed E-state index contributed by atoms with van der Waals surface area (Å²) in [5.74, 6) is 0.849. The van der Waals surface area contributed by atoms with Crippen molar-refractivity contribution in [3.63, 3.8) is 0 Å². The number of rotatable bonds is 8. The Bertz CT molecular complexity index is 715. The molecule has 28 heavy (non-hydrogen) atoms. The van der Waals surface area contributed by atoms with E-state index in [0.29, 0.717) is 26.4 Å². The molecule has 3 rings (SSSR count). The lowest BCUT2D eigenvalue weighted by atomic mass is 10.0. The number of alkyl carbamates (subject to hydrolysis) is 1. The minimum atomic E-state index is -0.409. The number of carbonyl (C=O) groups is 1. The zero-order chi connectivity index (χ0) is 19.6. The van der Waals surface area contributed by atoms with Gasteiger partial charge in [-0.2, -0.15) is 0 Å². The Morgan fingerprint density at radius 1 is 1.11 bits per heavy atom. The van der Waals surface area contributed by atoms with Crippen molar-refractivity contribution in [2.24, 2.45) is 0 Å². The van der Waals surface area contributed by atoms with Gasteiger partial charge in [0.2, 0.25) is 0 Å². The topological polar surface area (TPSA) is 60.0 Å². The van der Waals surface area contributed by atoms with E-state index in [9.17, 15) is 4.79 Å². The Morgan fingerprint density at radius 3 is 2.50 bits per heavy atom. The molecule has 1 atom stereocenters. The number of morpholine rings is 1. The highest BCUT2D eigenvalue weighted by Crippen LogP contribution is 2.24. The summed E-state index contributed by atoms with van der Waals surface area (Å²) >= 11 is 0. The Kier molecular flexibility index (Phi) is 7.70. The number of carbonyl (C=O) groups excluding carboxylic acids is 1. The maximum absolute atomic E-state index is 12.2. The monoisotopic (exact) mass is 384 g/mol. The molecule has 1 saturated heterocycles. The van der Waals surface area contributed by atoms with E-state index in [1.54, 1.807) is 0 Å². The molecule has 0 saturated carbocycles. The SMILES string of the molecule is CCOc1ccc(C(CNC(=O)OCc2ccccc2)N2CCOCC2)cc1. The van der Waals surface area contributed by atoms with Gasteiger partial charge in [-0.1, -0.05) is 42.5 Å². The van der Waals surface area contributed by atoms with Gasteiger partial charge in [-0.05, 0) is 30.2 Å². The van der Waals surface area contributed by atoms with Crippen molar-refractivity contribution in [2.45, 2.75) is 19.6 Å². The highest BCUT2D eigenvalue weighted by Gasteiger charge is 2.23. The fourth-order valence-corrected chi connectivity index (χ4v) is 3.25. The zero-order valence-corrected chi connectivity index (χ0v) is 16.3. The van der Waals surface area contributed by atoms with Crippen molar-refractivity contribution >= 4 is 6.09 Å². The second kappa shape index (κ2) is 10.7. The lowest BCUT2D eigenvalue weighted by Gasteiger charge is -2.34. The second-order valence-electron chi connectivity index (χ2n) is 6.61. The van der Waals surface area contributed by atoms with Crippen LogP contribution in [0, 0.1) is 0 Å². The van der Waals surface area contributed by atoms with E-state index in [0.717, 1.165) is 30.0 Å². The predicted molar refractivity (Wildman–Crippen MR) is 107 cm³/mol. The van der Waals surface area contributed by atoms with E-state index in [4.69, 9.17) is 14.2 Å². The fourth-order valence-electron chi connectivity index (χ4n) is 3.25. The summed E-state index contributed by atoms with van der Waals surface area (Å²) in [7, 11) is 0. The number of nitrogens with one attached hydrogen (secondary N) is 1. The Morgan fingerprint density at radius 2 is 1.82 bits per heavy atom. The van der Waals surface area contributed by atoms with Crippen molar-refractivity contribution in [3.8, 4) is 5.75 Å². The molecule has 1 heterocycles. The molecule has 1 unspecified atom stereocenters. The van der Waals surface area contributed by atoms with Crippen molar-refractivity contribution in [1.29, 1.82) is 0 Å². The van der Waals surface area contributed by atoms with E-state index in [2.05, 4.69) is 22.3 Å². The second-order valence-corrected chi connectivity index (χ2v) is 6.61. The first-order chi connectivity index (χ1) is 13.8. The third-order valence-corrected chi connectivity index (χ3v) is 4.71. The van der Waals surface area contributed by atoms with Crippen LogP contribution in [-0.2, 0) is 16.1 Å². The summed E-state index contributed by atoms with van der Waals surface area (Å²) in [5, 5.41) is 2.91. The van der Waals surface area contributed by atoms with Crippen molar-refractivity contribution in [1.82, 2.24) is 10.2 Å². The van der Waals surface area contributed by atoms with Gasteiger partial charge < -0.3 is 19.5 Å². The van der Waals surface area contributed by atoms with Crippen LogP contribution in [0.15, 0.2) is 54.6 Å². The molecule has 1 aliphatic rings. The molecule has 1 amide bonds. The van der Waals surface area contributed by atoms with E-state index < -0.39 is 6.09 Å². The third-order valence-electron chi connectivity index (χ3n) is 4.71. The quantitative estimate of drug-likeness (QED) is 0.756. The molecular formula is C22H28N2O4. The zero-order valence-electron chi connectivity index (χ0n) is 16.3. The molecule has 0 spiro atoms. The highest BCUT2D eigenvalue weighted by molar-refractivity contribution is 5.67. The largest absolute Gasteiger partial charge is 0.494 e. The lowest BCUT2D eigenvalue weighted by Crippen LogP contribution is -2.43. The summed E-state index contributed by atoms with van der Waals surface area (Å²) in [6.45, 7) is 6.41. The Hall–Kier alpha value is -2.57. The van der Waals surface area contributed by atoms with Crippen LogP contribution in [-0.4, -0.2) is 50.4 Å². The van der Waals surface area contributed by atoms with Crippen LogP contribution >= 0.6 is 0 Å². The summed E-state index contributed by atoms with van der Waals surface area (Å²) in [5.41, 5.74) is 2.10. The molecule has 0 aliphatic carbocycles. The van der Waals surface area contributed by atoms with Crippen LogP contribution in [0.1, 0.15) is 24.1 Å². The van der Waals surface area contributed by atoms with E-state index in [1.165, 1.54) is 0 Å². The van der Waals surface area contributed by atoms with Crippen LogP contribution in [0.25, 0.3) is 0 Å². The van der Waals surface area contributed by atoms with Crippen LogP contribution in [0.4, 0.5) is 4.79 Å². The van der Waals surface area contributed by atoms with Crippen molar-refractivity contribution in [3.05, 3.63) is 65.7 Å². The number of hydrogen-bond acceptors (Lipinski definition) is 5. The maximum Gasteiger partial charge on any atom is 0.407 e. The maximum atomic E-state index is 12.2. The van der Waals surface area contributed by atoms with Gasteiger partial charge in [0.15, 0.2) is 0 Å². The molecule has 150 valence electrons. The lowest BCUT2D eigenvalue weighted by molar-refractivity contribution is 0.0159. The Labute approximate surface area is 166 Å². The van der Waals surface area contributed by atoms with Crippen LogP contribution in [0.2, 0.25) is 0 Å². The first-order valence-electron chi connectivity index (χ1n) is 9.75. The molecule has 6 nitrogen and oxygen atoms in total. The van der Waals surface area contributed by atoms with Gasteiger partial charge in [-0.25, -0.2) is 4.79 Å². The van der Waals surface area contributed by atoms with Crippen LogP contribution < -0.4 is 10.1 Å². The number of nitrogens with zero attached hydrogens (tertiary/aromatic N) is 1. The highest BCUT2D eigenvalue weighted by atomic mass is 16.5. The molecule has 2 aromatic rings. The first kappa shape index (κ1) is 20.2. The molecule has 0 radical (unpaired) electrons. The van der Waals surface area contributed by atoms with Crippen molar-refractivity contribution < 1.29 is 19.0 Å². The van der Waals surface area contributed by atoms with Gasteiger partial charge in [0.05, 0.1) is 25.9 Å². The molecule has 1 N–H and O–H groups in total. The van der Waals surface area contributed by atoms with Gasteiger partial charge in [0.25, 0.3) is 0 Å². The molecule has 1 fully saturated rings. The number of hydrogen-bond donors (Lipinski definition) is 1. The first-order valence-corrected chi connectivity index (χ1v) is 9.75. The number of amides is 1. The van der Waals surface area contributed by atoms with Crippen molar-refractivity contribution in [2.75, 3.05) is 39.5 Å². The number of ether oxygens (including phenoxy) is 3. The smallest absolute Gasteiger partial charge is 0.407 e. The van der Waals surface area contributed by atoms with Gasteiger partial charge in [-0.3, -0.25) is 4.90 Å². The van der Waals surface area contributed by atoms with Gasteiger partial charge in [0, 0.05) is 19.6 Å². The average molecular weight is 384 g/mol. The third kappa shape index (κ3) is 5.97.